The smallest absolute Gasteiger partial charge is 0.122 e. The van der Waals surface area contributed by atoms with E-state index in [1.54, 1.807) is 0 Å². The summed E-state index contributed by atoms with van der Waals surface area (Å²) < 4.78 is 5.53. The molecule has 1 aliphatic heterocycles. The maximum atomic E-state index is 6.31. The fourth-order valence-electron chi connectivity index (χ4n) is 2.77. The van der Waals surface area contributed by atoms with Gasteiger partial charge in [0.25, 0.3) is 0 Å². The van der Waals surface area contributed by atoms with E-state index in [2.05, 4.69) is 48.5 Å². The summed E-state index contributed by atoms with van der Waals surface area (Å²) in [6.45, 7) is 0.808. The largest absolute Gasteiger partial charge is 0.493 e. The van der Waals surface area contributed by atoms with Gasteiger partial charge >= 0.3 is 0 Å². The van der Waals surface area contributed by atoms with Crippen LogP contribution in [-0.4, -0.2) is 6.61 Å². The molecule has 0 aliphatic carbocycles. The van der Waals surface area contributed by atoms with E-state index >= 15 is 0 Å². The van der Waals surface area contributed by atoms with Crippen LogP contribution in [0.4, 0.5) is 0 Å². The van der Waals surface area contributed by atoms with Crippen molar-refractivity contribution < 1.29 is 4.74 Å². The number of fused-ring (bicyclic) bond motifs is 1. The monoisotopic (exact) mass is 267 g/mol. The summed E-state index contributed by atoms with van der Waals surface area (Å²) in [7, 11) is 0. The maximum Gasteiger partial charge on any atom is 0.122 e. The van der Waals surface area contributed by atoms with E-state index < -0.39 is 0 Å². The average Bonchev–Trinajstić information content (AvgIpc) is 2.95. The molecule has 0 radical (unpaired) electrons. The summed E-state index contributed by atoms with van der Waals surface area (Å²) in [4.78, 5) is 0. The van der Waals surface area contributed by atoms with Gasteiger partial charge in [-0.15, -0.1) is 0 Å². The number of nitrogens with two attached hydrogens (primary N) is 1. The lowest BCUT2D eigenvalue weighted by Crippen LogP contribution is -2.10. The van der Waals surface area contributed by atoms with E-state index in [1.165, 1.54) is 16.7 Å². The minimum atomic E-state index is 0.129. The molecule has 0 saturated heterocycles. The molecule has 3 rings (SSSR count). The van der Waals surface area contributed by atoms with E-state index in [4.69, 9.17) is 10.5 Å². The van der Waals surface area contributed by atoms with Gasteiger partial charge in [0.05, 0.1) is 6.61 Å². The normalized spacial score (nSPS) is 14.7. The average molecular weight is 267 g/mol. The fraction of sp³-hybridized carbons (Fsp3) is 0.333. The van der Waals surface area contributed by atoms with Gasteiger partial charge in [0, 0.05) is 12.5 Å². The first kappa shape index (κ1) is 13.2. The second-order valence-electron chi connectivity index (χ2n) is 5.45. The van der Waals surface area contributed by atoms with E-state index in [-0.39, 0.29) is 6.04 Å². The van der Waals surface area contributed by atoms with Crippen molar-refractivity contribution in [2.24, 2.45) is 5.73 Å². The molecule has 2 nitrogen and oxygen atoms in total. The Morgan fingerprint density at radius 2 is 1.95 bits per heavy atom. The minimum absolute atomic E-state index is 0.129. The molecule has 2 aromatic rings. The molecule has 2 N–H and O–H groups in total. The molecular formula is C18H21NO. The van der Waals surface area contributed by atoms with Crippen molar-refractivity contribution in [3.05, 3.63) is 65.2 Å². The van der Waals surface area contributed by atoms with Crippen LogP contribution >= 0.6 is 0 Å². The van der Waals surface area contributed by atoms with Crippen LogP contribution in [0.3, 0.4) is 0 Å². The van der Waals surface area contributed by atoms with Crippen LogP contribution in [0.5, 0.6) is 5.75 Å². The summed E-state index contributed by atoms with van der Waals surface area (Å²) in [5, 5.41) is 0. The Balaban J connectivity index is 1.55. The molecule has 2 heteroatoms. The molecule has 0 unspecified atom stereocenters. The zero-order valence-electron chi connectivity index (χ0n) is 11.7. The van der Waals surface area contributed by atoms with Crippen molar-refractivity contribution in [1.29, 1.82) is 0 Å². The predicted octanol–water partition coefficient (Wildman–Crippen LogP) is 3.64. The number of benzene rings is 2. The molecule has 0 amide bonds. The Morgan fingerprint density at radius 1 is 1.10 bits per heavy atom. The summed E-state index contributed by atoms with van der Waals surface area (Å²) in [6, 6.07) is 17.1. The van der Waals surface area contributed by atoms with E-state index in [9.17, 15) is 0 Å². The number of hydrogen-bond acceptors (Lipinski definition) is 2. The van der Waals surface area contributed by atoms with Crippen LogP contribution in [0.1, 0.15) is 35.6 Å². The number of hydrogen-bond donors (Lipinski definition) is 1. The molecule has 104 valence electrons. The van der Waals surface area contributed by atoms with Gasteiger partial charge in [-0.1, -0.05) is 42.5 Å². The van der Waals surface area contributed by atoms with Gasteiger partial charge in [-0.2, -0.15) is 0 Å². The molecular weight excluding hydrogens is 246 g/mol. The van der Waals surface area contributed by atoms with Crippen molar-refractivity contribution in [2.75, 3.05) is 6.61 Å². The van der Waals surface area contributed by atoms with Gasteiger partial charge in [-0.05, 0) is 42.0 Å². The Bertz CT molecular complexity index is 565. The lowest BCUT2D eigenvalue weighted by molar-refractivity contribution is 0.357. The summed E-state index contributed by atoms with van der Waals surface area (Å²) in [5.74, 6) is 1.03. The van der Waals surface area contributed by atoms with Gasteiger partial charge in [0.15, 0.2) is 0 Å². The summed E-state index contributed by atoms with van der Waals surface area (Å²) in [5.41, 5.74) is 10.2. The van der Waals surface area contributed by atoms with Gasteiger partial charge in [-0.3, -0.25) is 0 Å². The van der Waals surface area contributed by atoms with E-state index in [0.29, 0.717) is 0 Å². The first-order valence-electron chi connectivity index (χ1n) is 7.38. The van der Waals surface area contributed by atoms with Crippen LogP contribution < -0.4 is 10.5 Å². The minimum Gasteiger partial charge on any atom is -0.493 e. The Morgan fingerprint density at radius 3 is 2.80 bits per heavy atom. The second-order valence-corrected chi connectivity index (χ2v) is 5.45. The molecule has 0 spiro atoms. The molecule has 1 heterocycles. The molecule has 0 bridgehead atoms. The van der Waals surface area contributed by atoms with Gasteiger partial charge in [0.1, 0.15) is 5.75 Å². The molecule has 0 aromatic heterocycles. The second kappa shape index (κ2) is 6.10. The highest BCUT2D eigenvalue weighted by Crippen LogP contribution is 2.28. The van der Waals surface area contributed by atoms with Crippen LogP contribution in [0.25, 0.3) is 0 Å². The third-order valence-corrected chi connectivity index (χ3v) is 3.97. The van der Waals surface area contributed by atoms with Crippen molar-refractivity contribution in [3.63, 3.8) is 0 Å². The van der Waals surface area contributed by atoms with Crippen LogP contribution in [-0.2, 0) is 12.8 Å². The lowest BCUT2D eigenvalue weighted by Gasteiger charge is -2.13. The van der Waals surface area contributed by atoms with Crippen molar-refractivity contribution in [1.82, 2.24) is 0 Å². The fourth-order valence-corrected chi connectivity index (χ4v) is 2.77. The first-order chi connectivity index (χ1) is 9.83. The highest BCUT2D eigenvalue weighted by molar-refractivity contribution is 5.40. The summed E-state index contributed by atoms with van der Waals surface area (Å²) >= 11 is 0. The number of rotatable bonds is 5. The topological polar surface area (TPSA) is 35.2 Å². The van der Waals surface area contributed by atoms with Crippen LogP contribution in [0.2, 0.25) is 0 Å². The standard InChI is InChI=1S/C18H21NO/c19-17(8-4-7-14-5-2-1-3-6-14)15-9-10-18-16(13-15)11-12-20-18/h1-3,5-6,9-10,13,17H,4,7-8,11-12,19H2/t17-/m0/s1. The maximum absolute atomic E-state index is 6.31. The Hall–Kier alpha value is -1.80. The van der Waals surface area contributed by atoms with Crippen molar-refractivity contribution >= 4 is 0 Å². The van der Waals surface area contributed by atoms with Crippen molar-refractivity contribution in [2.45, 2.75) is 31.7 Å². The third kappa shape index (κ3) is 3.02. The van der Waals surface area contributed by atoms with Crippen molar-refractivity contribution in [3.8, 4) is 5.75 Å². The lowest BCUT2D eigenvalue weighted by atomic mass is 9.98. The van der Waals surface area contributed by atoms with Crippen LogP contribution in [0.15, 0.2) is 48.5 Å². The number of aryl methyl sites for hydroxylation is 1. The molecule has 20 heavy (non-hydrogen) atoms. The zero-order chi connectivity index (χ0) is 13.8. The first-order valence-corrected chi connectivity index (χ1v) is 7.38. The molecule has 1 atom stereocenters. The highest BCUT2D eigenvalue weighted by Gasteiger charge is 2.14. The van der Waals surface area contributed by atoms with E-state index in [0.717, 1.165) is 38.0 Å². The Labute approximate surface area is 120 Å². The van der Waals surface area contributed by atoms with E-state index in [1.807, 2.05) is 0 Å². The Kier molecular flexibility index (Phi) is 4.03. The zero-order valence-corrected chi connectivity index (χ0v) is 11.7. The highest BCUT2D eigenvalue weighted by atomic mass is 16.5. The third-order valence-electron chi connectivity index (χ3n) is 3.97. The predicted molar refractivity (Wildman–Crippen MR) is 81.9 cm³/mol. The van der Waals surface area contributed by atoms with Crippen LogP contribution in [0, 0.1) is 0 Å². The van der Waals surface area contributed by atoms with Gasteiger partial charge < -0.3 is 10.5 Å². The quantitative estimate of drug-likeness (QED) is 0.897. The van der Waals surface area contributed by atoms with Gasteiger partial charge in [0.2, 0.25) is 0 Å². The summed E-state index contributed by atoms with van der Waals surface area (Å²) in [6.07, 6.45) is 4.26. The SMILES string of the molecule is N[C@@H](CCCc1ccccc1)c1ccc2c(c1)CCO2. The number of ether oxygens (including phenoxy) is 1. The molecule has 1 aliphatic rings. The van der Waals surface area contributed by atoms with Gasteiger partial charge in [-0.25, -0.2) is 0 Å². The molecule has 0 fully saturated rings. The molecule has 2 aromatic carbocycles. The molecule has 0 saturated carbocycles.